The molecule has 0 aliphatic rings. The largest absolute Gasteiger partial charge is 0.352 e. The first-order chi connectivity index (χ1) is 14.7. The molecule has 0 aliphatic carbocycles. The van der Waals surface area contributed by atoms with Crippen molar-refractivity contribution < 1.29 is 18.0 Å². The number of carbonyl (C=O) groups excluding carboxylic acids is 2. The Hall–Kier alpha value is -2.42. The van der Waals surface area contributed by atoms with E-state index in [1.165, 1.54) is 0 Å². The van der Waals surface area contributed by atoms with Gasteiger partial charge in [-0.25, -0.2) is 13.1 Å². The van der Waals surface area contributed by atoms with Gasteiger partial charge in [-0.1, -0.05) is 35.9 Å². The van der Waals surface area contributed by atoms with E-state index in [-0.39, 0.29) is 36.6 Å². The molecule has 0 bridgehead atoms. The Kier molecular flexibility index (Phi) is 9.48. The molecular formula is C22H28ClN3O4S. The van der Waals surface area contributed by atoms with Gasteiger partial charge >= 0.3 is 0 Å². The highest BCUT2D eigenvalue weighted by molar-refractivity contribution is 7.88. The summed E-state index contributed by atoms with van der Waals surface area (Å²) in [5.41, 5.74) is 1.90. The highest BCUT2D eigenvalue weighted by Gasteiger charge is 2.15. The molecule has 0 saturated carbocycles. The molecule has 0 fully saturated rings. The summed E-state index contributed by atoms with van der Waals surface area (Å²) in [5.74, 6) is -0.533. The van der Waals surface area contributed by atoms with E-state index >= 15 is 0 Å². The normalized spacial score (nSPS) is 11.4. The van der Waals surface area contributed by atoms with Crippen molar-refractivity contribution in [1.82, 2.24) is 15.4 Å². The van der Waals surface area contributed by atoms with Gasteiger partial charge in [0.25, 0.3) is 5.91 Å². The summed E-state index contributed by atoms with van der Waals surface area (Å²) in [6.07, 6.45) is 0.732. The van der Waals surface area contributed by atoms with Gasteiger partial charge in [0, 0.05) is 36.1 Å². The SMILES string of the molecule is CC(C)NS(=O)(=O)Cc1ccccc1CNC(=O)CCCNC(=O)c1ccc(Cl)cc1. The highest BCUT2D eigenvalue weighted by Crippen LogP contribution is 2.13. The fourth-order valence-corrected chi connectivity index (χ4v) is 4.53. The summed E-state index contributed by atoms with van der Waals surface area (Å²) in [7, 11) is -3.46. The summed E-state index contributed by atoms with van der Waals surface area (Å²) in [6.45, 7) is 4.14. The zero-order chi connectivity index (χ0) is 22.9. The molecule has 0 saturated heterocycles. The molecule has 0 radical (unpaired) electrons. The van der Waals surface area contributed by atoms with E-state index < -0.39 is 10.0 Å². The van der Waals surface area contributed by atoms with Gasteiger partial charge in [0.15, 0.2) is 0 Å². The molecule has 7 nitrogen and oxygen atoms in total. The molecule has 2 rings (SSSR count). The standard InChI is InChI=1S/C22H28ClN3O4S/c1-16(2)26-31(29,30)15-19-7-4-3-6-18(19)14-25-21(27)8-5-13-24-22(28)17-9-11-20(23)12-10-17/h3-4,6-7,9-12,16,26H,5,8,13-15H2,1-2H3,(H,24,28)(H,25,27). The van der Waals surface area contributed by atoms with Crippen LogP contribution in [-0.4, -0.2) is 32.8 Å². The maximum Gasteiger partial charge on any atom is 0.251 e. The monoisotopic (exact) mass is 465 g/mol. The number of nitrogens with one attached hydrogen (secondary N) is 3. The Balaban J connectivity index is 1.77. The van der Waals surface area contributed by atoms with Crippen molar-refractivity contribution in [2.24, 2.45) is 0 Å². The molecule has 0 unspecified atom stereocenters. The molecule has 9 heteroatoms. The summed E-state index contributed by atoms with van der Waals surface area (Å²) >= 11 is 5.80. The lowest BCUT2D eigenvalue weighted by Gasteiger charge is -2.13. The van der Waals surface area contributed by atoms with Crippen LogP contribution in [0.4, 0.5) is 0 Å². The third-order valence-corrected chi connectivity index (χ3v) is 6.10. The van der Waals surface area contributed by atoms with E-state index in [0.717, 1.165) is 5.56 Å². The minimum atomic E-state index is -3.46. The number of halogens is 1. The van der Waals surface area contributed by atoms with Crippen molar-refractivity contribution in [3.8, 4) is 0 Å². The number of hydrogen-bond acceptors (Lipinski definition) is 4. The minimum Gasteiger partial charge on any atom is -0.352 e. The van der Waals surface area contributed by atoms with Gasteiger partial charge in [-0.3, -0.25) is 9.59 Å². The van der Waals surface area contributed by atoms with Crippen LogP contribution in [0.25, 0.3) is 0 Å². The average molecular weight is 466 g/mol. The Morgan fingerprint density at radius 3 is 2.26 bits per heavy atom. The quantitative estimate of drug-likeness (QED) is 0.443. The van der Waals surface area contributed by atoms with Gasteiger partial charge < -0.3 is 10.6 Å². The van der Waals surface area contributed by atoms with E-state index in [4.69, 9.17) is 11.6 Å². The number of rotatable bonds is 11. The molecule has 2 amide bonds. The van der Waals surface area contributed by atoms with Crippen LogP contribution in [0.1, 0.15) is 48.2 Å². The highest BCUT2D eigenvalue weighted by atomic mass is 35.5. The summed E-state index contributed by atoms with van der Waals surface area (Å²) < 4.78 is 27.0. The van der Waals surface area contributed by atoms with E-state index in [9.17, 15) is 18.0 Å². The maximum atomic E-state index is 12.2. The Bertz CT molecular complexity index is 992. The van der Waals surface area contributed by atoms with Crippen molar-refractivity contribution in [2.75, 3.05) is 6.54 Å². The Morgan fingerprint density at radius 2 is 1.61 bits per heavy atom. The number of amides is 2. The van der Waals surface area contributed by atoms with Crippen LogP contribution in [0.3, 0.4) is 0 Å². The summed E-state index contributed by atoms with van der Waals surface area (Å²) in [6, 6.07) is 13.5. The predicted octanol–water partition coefficient (Wildman–Crippen LogP) is 2.99. The van der Waals surface area contributed by atoms with Crippen LogP contribution in [0.5, 0.6) is 0 Å². The van der Waals surface area contributed by atoms with Crippen LogP contribution in [0.2, 0.25) is 5.02 Å². The molecule has 0 atom stereocenters. The van der Waals surface area contributed by atoms with Gasteiger partial charge in [0.1, 0.15) is 0 Å². The van der Waals surface area contributed by atoms with E-state index in [0.29, 0.717) is 29.1 Å². The lowest BCUT2D eigenvalue weighted by molar-refractivity contribution is -0.121. The third-order valence-electron chi connectivity index (χ3n) is 4.33. The van der Waals surface area contributed by atoms with Crippen molar-refractivity contribution in [1.29, 1.82) is 0 Å². The lowest BCUT2D eigenvalue weighted by atomic mass is 10.1. The summed E-state index contributed by atoms with van der Waals surface area (Å²) in [4.78, 5) is 24.2. The molecule has 2 aromatic rings. The number of sulfonamides is 1. The second kappa shape index (κ2) is 11.8. The molecule has 3 N–H and O–H groups in total. The van der Waals surface area contributed by atoms with Crippen LogP contribution in [0, 0.1) is 0 Å². The predicted molar refractivity (Wildman–Crippen MR) is 122 cm³/mol. The first kappa shape index (κ1) is 24.8. The van der Waals surface area contributed by atoms with Gasteiger partial charge in [-0.05, 0) is 55.7 Å². The molecule has 31 heavy (non-hydrogen) atoms. The molecule has 0 aliphatic heterocycles. The third kappa shape index (κ3) is 9.08. The van der Waals surface area contributed by atoms with Gasteiger partial charge in [-0.15, -0.1) is 0 Å². The number of benzene rings is 2. The van der Waals surface area contributed by atoms with Crippen LogP contribution >= 0.6 is 11.6 Å². The first-order valence-corrected chi connectivity index (χ1v) is 12.1. The van der Waals surface area contributed by atoms with Crippen molar-refractivity contribution >= 4 is 33.4 Å². The fraction of sp³-hybridized carbons (Fsp3) is 0.364. The first-order valence-electron chi connectivity index (χ1n) is 10.0. The van der Waals surface area contributed by atoms with E-state index in [2.05, 4.69) is 15.4 Å². The molecule has 2 aromatic carbocycles. The minimum absolute atomic E-state index is 0.145. The topological polar surface area (TPSA) is 104 Å². The fourth-order valence-electron chi connectivity index (χ4n) is 2.91. The number of hydrogen-bond donors (Lipinski definition) is 3. The van der Waals surface area contributed by atoms with Crippen LogP contribution < -0.4 is 15.4 Å². The maximum absolute atomic E-state index is 12.2. The van der Waals surface area contributed by atoms with E-state index in [1.54, 1.807) is 62.4 Å². The zero-order valence-corrected chi connectivity index (χ0v) is 19.2. The number of carbonyl (C=O) groups is 2. The Morgan fingerprint density at radius 1 is 0.968 bits per heavy atom. The van der Waals surface area contributed by atoms with Crippen LogP contribution in [-0.2, 0) is 27.1 Å². The Labute approximate surface area is 188 Å². The van der Waals surface area contributed by atoms with E-state index in [1.807, 2.05) is 0 Å². The molecular weight excluding hydrogens is 438 g/mol. The van der Waals surface area contributed by atoms with Crippen molar-refractivity contribution in [3.63, 3.8) is 0 Å². The molecule has 0 heterocycles. The van der Waals surface area contributed by atoms with Gasteiger partial charge in [0.05, 0.1) is 5.75 Å². The zero-order valence-electron chi connectivity index (χ0n) is 17.7. The van der Waals surface area contributed by atoms with Gasteiger partial charge in [0.2, 0.25) is 15.9 Å². The second-order valence-corrected chi connectivity index (χ2v) is 9.63. The van der Waals surface area contributed by atoms with Crippen molar-refractivity contribution in [3.05, 3.63) is 70.2 Å². The second-order valence-electron chi connectivity index (χ2n) is 7.44. The van der Waals surface area contributed by atoms with Crippen molar-refractivity contribution in [2.45, 2.75) is 45.0 Å². The van der Waals surface area contributed by atoms with Gasteiger partial charge in [-0.2, -0.15) is 0 Å². The lowest BCUT2D eigenvalue weighted by Crippen LogP contribution is -2.32. The van der Waals surface area contributed by atoms with Crippen LogP contribution in [0.15, 0.2) is 48.5 Å². The average Bonchev–Trinajstić information content (AvgIpc) is 2.69. The molecule has 0 aromatic heterocycles. The summed E-state index contributed by atoms with van der Waals surface area (Å²) in [5, 5.41) is 6.13. The smallest absolute Gasteiger partial charge is 0.251 e. The molecule has 0 spiro atoms. The molecule has 168 valence electrons.